The molecular weight excluding hydrogens is 321 g/mol. The number of hydrogen-bond acceptors (Lipinski definition) is 1. The second-order valence-electron chi connectivity index (χ2n) is 4.59. The van der Waals surface area contributed by atoms with Crippen LogP contribution in [0.1, 0.15) is 43.7 Å². The van der Waals surface area contributed by atoms with E-state index in [0.717, 1.165) is 15.1 Å². The van der Waals surface area contributed by atoms with Gasteiger partial charge in [0.05, 0.1) is 0 Å². The molecule has 1 aliphatic rings. The molecule has 2 rings (SSSR count). The number of nitrogens with two attached hydrogens (primary N) is 1. The minimum atomic E-state index is 0. The van der Waals surface area contributed by atoms with Crippen molar-refractivity contribution in [1.82, 2.24) is 0 Å². The van der Waals surface area contributed by atoms with Crippen LogP contribution in [0.5, 0.6) is 0 Å². The molecular formula is C13H18BrCl2N. The molecule has 1 nitrogen and oxygen atoms in total. The molecule has 1 saturated carbocycles. The summed E-state index contributed by atoms with van der Waals surface area (Å²) in [5.41, 5.74) is 7.42. The van der Waals surface area contributed by atoms with Crippen LogP contribution < -0.4 is 5.73 Å². The van der Waals surface area contributed by atoms with Crippen LogP contribution in [0.15, 0.2) is 22.7 Å². The van der Waals surface area contributed by atoms with Gasteiger partial charge in [-0.1, -0.05) is 46.8 Å². The minimum Gasteiger partial charge on any atom is -0.324 e. The maximum atomic E-state index is 6.33. The summed E-state index contributed by atoms with van der Waals surface area (Å²) in [5, 5.41) is 0.793. The van der Waals surface area contributed by atoms with Gasteiger partial charge in [-0.05, 0) is 42.5 Å². The minimum absolute atomic E-state index is 0. The summed E-state index contributed by atoms with van der Waals surface area (Å²) in [4.78, 5) is 0. The van der Waals surface area contributed by atoms with Crippen molar-refractivity contribution in [1.29, 1.82) is 0 Å². The molecule has 1 atom stereocenters. The smallest absolute Gasteiger partial charge is 0.0454 e. The van der Waals surface area contributed by atoms with E-state index >= 15 is 0 Å². The zero-order chi connectivity index (χ0) is 11.5. The monoisotopic (exact) mass is 337 g/mol. The zero-order valence-corrected chi connectivity index (χ0v) is 12.8. The third-order valence-corrected chi connectivity index (χ3v) is 4.31. The fourth-order valence-electron chi connectivity index (χ4n) is 2.52. The van der Waals surface area contributed by atoms with E-state index < -0.39 is 0 Å². The summed E-state index contributed by atoms with van der Waals surface area (Å²) >= 11 is 9.68. The van der Waals surface area contributed by atoms with Gasteiger partial charge in [0.2, 0.25) is 0 Å². The standard InChI is InChI=1S/C13H17BrClN.ClH/c14-10-6-7-12(15)11(8-10)13(16)9-4-2-1-3-5-9;/h6-9,13H,1-5,16H2;1H/t13-;/m0./s1. The predicted octanol–water partition coefficient (Wildman–Crippen LogP) is 5.10. The van der Waals surface area contributed by atoms with Crippen LogP contribution in [0.2, 0.25) is 5.02 Å². The molecule has 0 bridgehead atoms. The summed E-state index contributed by atoms with van der Waals surface area (Å²) in [5.74, 6) is 0.598. The lowest BCUT2D eigenvalue weighted by Crippen LogP contribution is -2.23. The molecule has 4 heteroatoms. The van der Waals surface area contributed by atoms with E-state index in [1.54, 1.807) is 0 Å². The molecule has 17 heavy (non-hydrogen) atoms. The van der Waals surface area contributed by atoms with Crippen molar-refractivity contribution >= 4 is 39.9 Å². The Morgan fingerprint density at radius 3 is 2.53 bits per heavy atom. The van der Waals surface area contributed by atoms with E-state index in [1.807, 2.05) is 12.1 Å². The van der Waals surface area contributed by atoms with Gasteiger partial charge in [-0.2, -0.15) is 0 Å². The fraction of sp³-hybridized carbons (Fsp3) is 0.538. The Morgan fingerprint density at radius 1 is 1.24 bits per heavy atom. The van der Waals surface area contributed by atoms with Crippen LogP contribution in [0.4, 0.5) is 0 Å². The predicted molar refractivity (Wildman–Crippen MR) is 79.9 cm³/mol. The maximum absolute atomic E-state index is 6.33. The van der Waals surface area contributed by atoms with Gasteiger partial charge < -0.3 is 5.73 Å². The van der Waals surface area contributed by atoms with Gasteiger partial charge >= 0.3 is 0 Å². The molecule has 0 unspecified atom stereocenters. The Bertz CT molecular complexity index is 364. The molecule has 0 heterocycles. The number of rotatable bonds is 2. The number of benzene rings is 1. The van der Waals surface area contributed by atoms with Crippen molar-refractivity contribution in [3.63, 3.8) is 0 Å². The molecule has 1 aromatic carbocycles. The first-order valence-electron chi connectivity index (χ1n) is 5.89. The van der Waals surface area contributed by atoms with E-state index in [4.69, 9.17) is 17.3 Å². The molecule has 0 radical (unpaired) electrons. The normalized spacial score (nSPS) is 18.5. The molecule has 0 aliphatic heterocycles. The lowest BCUT2D eigenvalue weighted by molar-refractivity contribution is 0.308. The van der Waals surface area contributed by atoms with E-state index in [9.17, 15) is 0 Å². The second kappa shape index (κ2) is 6.98. The van der Waals surface area contributed by atoms with Crippen molar-refractivity contribution in [3.05, 3.63) is 33.3 Å². The van der Waals surface area contributed by atoms with Crippen molar-refractivity contribution in [3.8, 4) is 0 Å². The van der Waals surface area contributed by atoms with Gasteiger partial charge in [0, 0.05) is 15.5 Å². The quantitative estimate of drug-likeness (QED) is 0.797. The van der Waals surface area contributed by atoms with Crippen LogP contribution in [-0.4, -0.2) is 0 Å². The Morgan fingerprint density at radius 2 is 1.88 bits per heavy atom. The van der Waals surface area contributed by atoms with Gasteiger partial charge in [0.1, 0.15) is 0 Å². The Labute approximate surface area is 123 Å². The van der Waals surface area contributed by atoms with Crippen molar-refractivity contribution in [2.24, 2.45) is 11.7 Å². The van der Waals surface area contributed by atoms with Gasteiger partial charge in [-0.25, -0.2) is 0 Å². The van der Waals surface area contributed by atoms with Gasteiger partial charge in [0.25, 0.3) is 0 Å². The van der Waals surface area contributed by atoms with E-state index in [-0.39, 0.29) is 18.4 Å². The fourth-order valence-corrected chi connectivity index (χ4v) is 3.14. The SMILES string of the molecule is Cl.N[C@H](c1cc(Br)ccc1Cl)C1CCCCC1. The highest BCUT2D eigenvalue weighted by Crippen LogP contribution is 2.36. The Hall–Kier alpha value is 0.240. The molecule has 96 valence electrons. The first-order valence-corrected chi connectivity index (χ1v) is 7.06. The van der Waals surface area contributed by atoms with Gasteiger partial charge in [-0.15, -0.1) is 12.4 Å². The molecule has 0 amide bonds. The van der Waals surface area contributed by atoms with E-state index in [1.165, 1.54) is 32.1 Å². The molecule has 1 fully saturated rings. The lowest BCUT2D eigenvalue weighted by atomic mass is 9.81. The second-order valence-corrected chi connectivity index (χ2v) is 5.91. The molecule has 0 spiro atoms. The highest BCUT2D eigenvalue weighted by molar-refractivity contribution is 9.10. The van der Waals surface area contributed by atoms with Gasteiger partial charge in [-0.3, -0.25) is 0 Å². The lowest BCUT2D eigenvalue weighted by Gasteiger charge is -2.28. The first-order chi connectivity index (χ1) is 7.68. The van der Waals surface area contributed by atoms with Crippen LogP contribution in [-0.2, 0) is 0 Å². The Kier molecular flexibility index (Phi) is 6.28. The van der Waals surface area contributed by atoms with Crippen molar-refractivity contribution in [2.45, 2.75) is 38.1 Å². The van der Waals surface area contributed by atoms with Gasteiger partial charge in [0.15, 0.2) is 0 Å². The largest absolute Gasteiger partial charge is 0.324 e. The zero-order valence-electron chi connectivity index (χ0n) is 9.66. The summed E-state index contributed by atoms with van der Waals surface area (Å²) in [6.45, 7) is 0. The molecule has 2 N–H and O–H groups in total. The maximum Gasteiger partial charge on any atom is 0.0454 e. The molecule has 0 aromatic heterocycles. The number of halogens is 3. The van der Waals surface area contributed by atoms with Crippen molar-refractivity contribution in [2.75, 3.05) is 0 Å². The summed E-state index contributed by atoms with van der Waals surface area (Å²) < 4.78 is 1.05. The molecule has 1 aliphatic carbocycles. The summed E-state index contributed by atoms with van der Waals surface area (Å²) in [7, 11) is 0. The highest BCUT2D eigenvalue weighted by atomic mass is 79.9. The van der Waals surface area contributed by atoms with E-state index in [2.05, 4.69) is 22.0 Å². The van der Waals surface area contributed by atoms with E-state index in [0.29, 0.717) is 5.92 Å². The highest BCUT2D eigenvalue weighted by Gasteiger charge is 2.23. The summed E-state index contributed by atoms with van der Waals surface area (Å²) in [6, 6.07) is 6.02. The first kappa shape index (κ1) is 15.3. The van der Waals surface area contributed by atoms with Crippen LogP contribution in [0.25, 0.3) is 0 Å². The van der Waals surface area contributed by atoms with Crippen molar-refractivity contribution < 1.29 is 0 Å². The Balaban J connectivity index is 0.00000144. The number of hydrogen-bond donors (Lipinski definition) is 1. The molecule has 0 saturated heterocycles. The van der Waals surface area contributed by atoms with Crippen LogP contribution in [0.3, 0.4) is 0 Å². The third-order valence-electron chi connectivity index (χ3n) is 3.47. The summed E-state index contributed by atoms with van der Waals surface area (Å²) in [6.07, 6.45) is 6.46. The average Bonchev–Trinajstić information content (AvgIpc) is 2.32. The molecule has 1 aromatic rings. The average molecular weight is 339 g/mol. The third kappa shape index (κ3) is 3.85. The van der Waals surface area contributed by atoms with Crippen LogP contribution >= 0.6 is 39.9 Å². The van der Waals surface area contributed by atoms with Crippen LogP contribution in [0, 0.1) is 5.92 Å². The topological polar surface area (TPSA) is 26.0 Å².